The Bertz CT molecular complexity index is 650. The van der Waals surface area contributed by atoms with Crippen molar-refractivity contribution in [1.82, 2.24) is 5.32 Å². The zero-order valence-corrected chi connectivity index (χ0v) is 13.1. The molecule has 0 saturated heterocycles. The summed E-state index contributed by atoms with van der Waals surface area (Å²) >= 11 is 1.35. The van der Waals surface area contributed by atoms with E-state index in [1.807, 2.05) is 37.4 Å². The van der Waals surface area contributed by atoms with Crippen molar-refractivity contribution < 1.29 is 9.59 Å². The van der Waals surface area contributed by atoms with E-state index in [1.54, 1.807) is 19.1 Å². The van der Waals surface area contributed by atoms with Gasteiger partial charge >= 0.3 is 0 Å². The minimum Gasteiger partial charge on any atom is -0.340 e. The number of hydrogen-bond donors (Lipinski definition) is 2. The molecule has 0 radical (unpaired) electrons. The van der Waals surface area contributed by atoms with Crippen LogP contribution >= 0.6 is 11.3 Å². The molecule has 2 N–H and O–H groups in total. The summed E-state index contributed by atoms with van der Waals surface area (Å²) in [5, 5.41) is 7.36. The van der Waals surface area contributed by atoms with E-state index in [0.717, 1.165) is 16.8 Å². The number of thiophene rings is 1. The van der Waals surface area contributed by atoms with Gasteiger partial charge in [0.25, 0.3) is 5.91 Å². The van der Waals surface area contributed by atoms with Gasteiger partial charge in [0, 0.05) is 5.69 Å². The molecule has 0 fully saturated rings. The normalized spacial score (nSPS) is 11.8. The molecule has 0 bridgehead atoms. The van der Waals surface area contributed by atoms with Gasteiger partial charge in [-0.05, 0) is 43.8 Å². The molecule has 110 valence electrons. The molecule has 1 heterocycles. The van der Waals surface area contributed by atoms with Crippen molar-refractivity contribution in [3.8, 4) is 0 Å². The van der Waals surface area contributed by atoms with Crippen molar-refractivity contribution in [2.45, 2.75) is 26.8 Å². The van der Waals surface area contributed by atoms with Crippen LogP contribution in [0.2, 0.25) is 0 Å². The molecule has 1 aromatic heterocycles. The first-order valence-corrected chi connectivity index (χ1v) is 7.58. The van der Waals surface area contributed by atoms with Gasteiger partial charge in [0.2, 0.25) is 5.91 Å². The predicted octanol–water partition coefficient (Wildman–Crippen LogP) is 3.12. The molecule has 0 aliphatic carbocycles. The zero-order valence-electron chi connectivity index (χ0n) is 12.3. The Kier molecular flexibility index (Phi) is 4.75. The molecule has 0 aliphatic rings. The van der Waals surface area contributed by atoms with E-state index in [4.69, 9.17) is 0 Å². The van der Waals surface area contributed by atoms with Gasteiger partial charge in [-0.3, -0.25) is 9.59 Å². The van der Waals surface area contributed by atoms with Gasteiger partial charge in [-0.25, -0.2) is 0 Å². The lowest BCUT2D eigenvalue weighted by Crippen LogP contribution is -2.41. The molecule has 2 amide bonds. The van der Waals surface area contributed by atoms with Gasteiger partial charge in [0.05, 0.1) is 4.88 Å². The molecule has 2 aromatic rings. The van der Waals surface area contributed by atoms with Gasteiger partial charge in [-0.15, -0.1) is 11.3 Å². The SMILES string of the molecule is Cc1ccc(NC(=O)[C@H](C)NC(=O)c2cccs2)c(C)c1. The van der Waals surface area contributed by atoms with E-state index in [9.17, 15) is 9.59 Å². The van der Waals surface area contributed by atoms with Crippen LogP contribution in [0.5, 0.6) is 0 Å². The van der Waals surface area contributed by atoms with Crippen LogP contribution in [0.4, 0.5) is 5.69 Å². The summed E-state index contributed by atoms with van der Waals surface area (Å²) in [6, 6.07) is 8.76. The summed E-state index contributed by atoms with van der Waals surface area (Å²) in [6.07, 6.45) is 0. The van der Waals surface area contributed by atoms with E-state index in [0.29, 0.717) is 4.88 Å². The van der Waals surface area contributed by atoms with Crippen LogP contribution in [-0.2, 0) is 4.79 Å². The highest BCUT2D eigenvalue weighted by Gasteiger charge is 2.17. The van der Waals surface area contributed by atoms with Gasteiger partial charge in [-0.2, -0.15) is 0 Å². The van der Waals surface area contributed by atoms with Crippen molar-refractivity contribution in [3.63, 3.8) is 0 Å². The standard InChI is InChI=1S/C16H18N2O2S/c1-10-6-7-13(11(2)9-10)18-15(19)12(3)17-16(20)14-5-4-8-21-14/h4-9,12H,1-3H3,(H,17,20)(H,18,19)/t12-/m0/s1. The summed E-state index contributed by atoms with van der Waals surface area (Å²) < 4.78 is 0. The summed E-state index contributed by atoms with van der Waals surface area (Å²) in [6.45, 7) is 5.62. The van der Waals surface area contributed by atoms with Crippen LogP contribution < -0.4 is 10.6 Å². The average molecular weight is 302 g/mol. The first-order valence-electron chi connectivity index (χ1n) is 6.70. The molecule has 5 heteroatoms. The average Bonchev–Trinajstić information content (AvgIpc) is 2.95. The fraction of sp³-hybridized carbons (Fsp3) is 0.250. The Morgan fingerprint density at radius 2 is 1.95 bits per heavy atom. The minimum atomic E-state index is -0.597. The number of nitrogens with one attached hydrogen (secondary N) is 2. The highest BCUT2D eigenvalue weighted by Crippen LogP contribution is 2.16. The van der Waals surface area contributed by atoms with Gasteiger partial charge in [-0.1, -0.05) is 23.8 Å². The Morgan fingerprint density at radius 3 is 2.57 bits per heavy atom. The van der Waals surface area contributed by atoms with E-state index < -0.39 is 6.04 Å². The molecule has 4 nitrogen and oxygen atoms in total. The van der Waals surface area contributed by atoms with Crippen molar-refractivity contribution in [1.29, 1.82) is 0 Å². The lowest BCUT2D eigenvalue weighted by Gasteiger charge is -2.15. The van der Waals surface area contributed by atoms with Crippen LogP contribution in [0.3, 0.4) is 0 Å². The number of aryl methyl sites for hydroxylation is 2. The number of carbonyl (C=O) groups is 2. The maximum Gasteiger partial charge on any atom is 0.261 e. The Morgan fingerprint density at radius 1 is 1.19 bits per heavy atom. The van der Waals surface area contributed by atoms with Crippen LogP contribution in [0.1, 0.15) is 27.7 Å². The topological polar surface area (TPSA) is 58.2 Å². The lowest BCUT2D eigenvalue weighted by atomic mass is 10.1. The molecule has 2 rings (SSSR count). The minimum absolute atomic E-state index is 0.228. The predicted molar refractivity (Wildman–Crippen MR) is 85.8 cm³/mol. The summed E-state index contributed by atoms with van der Waals surface area (Å²) in [4.78, 5) is 24.6. The maximum atomic E-state index is 12.1. The number of rotatable bonds is 4. The highest BCUT2D eigenvalue weighted by molar-refractivity contribution is 7.12. The van der Waals surface area contributed by atoms with E-state index >= 15 is 0 Å². The summed E-state index contributed by atoms with van der Waals surface area (Å²) in [7, 11) is 0. The van der Waals surface area contributed by atoms with E-state index in [1.165, 1.54) is 11.3 Å². The van der Waals surface area contributed by atoms with Gasteiger partial charge in [0.15, 0.2) is 0 Å². The first-order chi connectivity index (χ1) is 9.97. The zero-order chi connectivity index (χ0) is 15.4. The number of benzene rings is 1. The van der Waals surface area contributed by atoms with E-state index in [-0.39, 0.29) is 11.8 Å². The van der Waals surface area contributed by atoms with Crippen LogP contribution in [0.15, 0.2) is 35.7 Å². The number of hydrogen-bond acceptors (Lipinski definition) is 3. The Hall–Kier alpha value is -2.14. The molecule has 0 spiro atoms. The second-order valence-electron chi connectivity index (χ2n) is 4.98. The second-order valence-corrected chi connectivity index (χ2v) is 5.93. The summed E-state index contributed by atoms with van der Waals surface area (Å²) in [5.74, 6) is -0.458. The largest absolute Gasteiger partial charge is 0.340 e. The number of anilines is 1. The molecule has 0 aliphatic heterocycles. The molecule has 0 unspecified atom stereocenters. The van der Waals surface area contributed by atoms with Gasteiger partial charge < -0.3 is 10.6 Å². The van der Waals surface area contributed by atoms with Crippen LogP contribution in [0.25, 0.3) is 0 Å². The summed E-state index contributed by atoms with van der Waals surface area (Å²) in [5.41, 5.74) is 2.91. The Balaban J connectivity index is 1.98. The monoisotopic (exact) mass is 302 g/mol. The smallest absolute Gasteiger partial charge is 0.261 e. The van der Waals surface area contributed by atoms with Crippen molar-refractivity contribution >= 4 is 28.8 Å². The van der Waals surface area contributed by atoms with Crippen molar-refractivity contribution in [2.24, 2.45) is 0 Å². The van der Waals surface area contributed by atoms with Crippen LogP contribution in [0, 0.1) is 13.8 Å². The fourth-order valence-corrected chi connectivity index (χ4v) is 2.56. The second kappa shape index (κ2) is 6.54. The number of carbonyl (C=O) groups excluding carboxylic acids is 2. The fourth-order valence-electron chi connectivity index (χ4n) is 1.94. The third-order valence-corrected chi connectivity index (χ3v) is 3.99. The molecule has 0 saturated carbocycles. The molecule has 21 heavy (non-hydrogen) atoms. The quantitative estimate of drug-likeness (QED) is 0.911. The van der Waals surface area contributed by atoms with Crippen molar-refractivity contribution in [2.75, 3.05) is 5.32 Å². The maximum absolute atomic E-state index is 12.1. The third kappa shape index (κ3) is 3.92. The van der Waals surface area contributed by atoms with Crippen molar-refractivity contribution in [3.05, 3.63) is 51.7 Å². The third-order valence-electron chi connectivity index (χ3n) is 3.13. The molecular weight excluding hydrogens is 284 g/mol. The Labute approximate surface area is 128 Å². The lowest BCUT2D eigenvalue weighted by molar-refractivity contribution is -0.117. The van der Waals surface area contributed by atoms with E-state index in [2.05, 4.69) is 10.6 Å². The number of amides is 2. The molecular formula is C16H18N2O2S. The highest BCUT2D eigenvalue weighted by atomic mass is 32.1. The first kappa shape index (κ1) is 15.3. The van der Waals surface area contributed by atoms with Gasteiger partial charge in [0.1, 0.15) is 6.04 Å². The molecule has 1 aromatic carbocycles. The van der Waals surface area contributed by atoms with Crippen LogP contribution in [-0.4, -0.2) is 17.9 Å². The molecule has 1 atom stereocenters.